The van der Waals surface area contributed by atoms with Crippen molar-refractivity contribution >= 4 is 15.1 Å². The zero-order chi connectivity index (χ0) is 11.0. The molecular weight excluding hydrogens is 185 g/mol. The Kier molecular flexibility index (Phi) is 3.00. The summed E-state index contributed by atoms with van der Waals surface area (Å²) >= 11 is 0. The maximum atomic E-state index is 2.58. The molecule has 0 atom stereocenters. The Morgan fingerprint density at radius 3 is 2.14 bits per heavy atom. The summed E-state index contributed by atoms with van der Waals surface area (Å²) in [6.45, 7) is 14.8. The molecule has 1 aliphatic rings. The highest BCUT2D eigenvalue weighted by Crippen LogP contribution is 2.39. The maximum absolute atomic E-state index is 2.58. The third kappa shape index (κ3) is 1.97. The molecule has 1 nitrogen and oxygen atoms in total. The highest BCUT2D eigenvalue weighted by atomic mass is 28.3. The Hall–Kier alpha value is -0.438. The van der Waals surface area contributed by atoms with Crippen molar-refractivity contribution in [2.45, 2.75) is 45.7 Å². The molecule has 0 aromatic rings. The van der Waals surface area contributed by atoms with E-state index in [0.29, 0.717) is 11.9 Å². The van der Waals surface area contributed by atoms with Crippen LogP contribution in [0.5, 0.6) is 0 Å². The fourth-order valence-corrected chi connectivity index (χ4v) is 4.02. The second-order valence-electron chi connectivity index (χ2n) is 5.68. The van der Waals surface area contributed by atoms with Crippen LogP contribution in [0.4, 0.5) is 0 Å². The molecule has 0 saturated carbocycles. The van der Waals surface area contributed by atoms with Crippen LogP contribution in [0.1, 0.15) is 20.8 Å². The van der Waals surface area contributed by atoms with Crippen LogP contribution in [0.3, 0.4) is 0 Å². The molecule has 1 rings (SSSR count). The van der Waals surface area contributed by atoms with E-state index >= 15 is 0 Å². The molecule has 0 amide bonds. The quantitative estimate of drug-likeness (QED) is 0.594. The summed E-state index contributed by atoms with van der Waals surface area (Å²) in [6.07, 6.45) is 6.57. The number of rotatable bonds is 1. The summed E-state index contributed by atoms with van der Waals surface area (Å²) in [5.41, 5.74) is 0. The Morgan fingerprint density at radius 1 is 1.14 bits per heavy atom. The van der Waals surface area contributed by atoms with E-state index < -0.39 is 8.24 Å². The Labute approximate surface area is 90.1 Å². The molecule has 0 bridgehead atoms. The van der Waals surface area contributed by atoms with Crippen molar-refractivity contribution in [3.05, 3.63) is 24.3 Å². The summed E-state index contributed by atoms with van der Waals surface area (Å²) in [5, 5.41) is 0.413. The third-order valence-corrected chi connectivity index (χ3v) is 9.19. The van der Waals surface area contributed by atoms with E-state index in [-0.39, 0.29) is 0 Å². The lowest BCUT2D eigenvalue weighted by Gasteiger charge is -2.48. The molecule has 0 unspecified atom stereocenters. The van der Waals surface area contributed by atoms with Gasteiger partial charge in [0.25, 0.3) is 6.85 Å². The monoisotopic (exact) mass is 207 g/mol. The second-order valence-corrected chi connectivity index (χ2v) is 10.8. The van der Waals surface area contributed by atoms with E-state index in [4.69, 9.17) is 0 Å². The molecular formula is C11H22BNSi. The molecule has 0 aliphatic carbocycles. The van der Waals surface area contributed by atoms with E-state index in [0.717, 1.165) is 0 Å². The molecule has 3 heteroatoms. The first-order chi connectivity index (χ1) is 6.27. The van der Waals surface area contributed by atoms with E-state index in [9.17, 15) is 0 Å². The lowest BCUT2D eigenvalue weighted by atomic mass is 9.64. The fourth-order valence-electron chi connectivity index (χ4n) is 1.68. The van der Waals surface area contributed by atoms with Gasteiger partial charge in [0.15, 0.2) is 0 Å². The molecule has 1 aliphatic heterocycles. The summed E-state index contributed by atoms with van der Waals surface area (Å²) in [4.78, 5) is 0. The SMILES string of the molecule is CB1C=CC=CN1[Si](C)(C)C(C)(C)C. The maximum Gasteiger partial charge on any atom is 0.269 e. The lowest BCUT2D eigenvalue weighted by molar-refractivity contribution is 0.652. The first kappa shape index (κ1) is 11.6. The van der Waals surface area contributed by atoms with Crippen molar-refractivity contribution in [1.82, 2.24) is 4.48 Å². The standard InChI is InChI=1S/C11H22BNSi/c1-11(2,3)14(5,6)13-10-8-7-9-12(13)4/h7-10H,1-6H3. The smallest absolute Gasteiger partial charge is 0.269 e. The van der Waals surface area contributed by atoms with Gasteiger partial charge in [-0.15, -0.1) is 0 Å². The largest absolute Gasteiger partial charge is 0.445 e. The topological polar surface area (TPSA) is 3.24 Å². The minimum atomic E-state index is -1.37. The Bertz CT molecular complexity index is 263. The third-order valence-electron chi connectivity index (χ3n) is 3.67. The lowest BCUT2D eigenvalue weighted by Crippen LogP contribution is -2.57. The Morgan fingerprint density at radius 2 is 1.71 bits per heavy atom. The number of hydrogen-bond donors (Lipinski definition) is 0. The van der Waals surface area contributed by atoms with Crippen molar-refractivity contribution in [2.24, 2.45) is 0 Å². The van der Waals surface area contributed by atoms with Crippen LogP contribution in [0.2, 0.25) is 25.0 Å². The van der Waals surface area contributed by atoms with E-state index in [1.54, 1.807) is 0 Å². The van der Waals surface area contributed by atoms with Crippen LogP contribution in [-0.4, -0.2) is 19.6 Å². The molecule has 1 heterocycles. The van der Waals surface area contributed by atoms with Gasteiger partial charge >= 0.3 is 0 Å². The van der Waals surface area contributed by atoms with Gasteiger partial charge in [-0.05, 0) is 17.3 Å². The molecule has 78 valence electrons. The zero-order valence-electron chi connectivity index (χ0n) is 10.3. The van der Waals surface area contributed by atoms with Crippen molar-refractivity contribution in [1.29, 1.82) is 0 Å². The average molecular weight is 207 g/mol. The normalized spacial score (nSPS) is 17.9. The van der Waals surface area contributed by atoms with Crippen LogP contribution in [0.15, 0.2) is 24.3 Å². The molecule has 0 spiro atoms. The van der Waals surface area contributed by atoms with Gasteiger partial charge in [-0.25, -0.2) is 0 Å². The van der Waals surface area contributed by atoms with Crippen molar-refractivity contribution in [3.8, 4) is 0 Å². The molecule has 0 fully saturated rings. The Balaban J connectivity index is 2.93. The van der Waals surface area contributed by atoms with Gasteiger partial charge < -0.3 is 4.48 Å². The van der Waals surface area contributed by atoms with E-state index in [1.165, 1.54) is 0 Å². The van der Waals surface area contributed by atoms with Crippen LogP contribution >= 0.6 is 0 Å². The first-order valence-electron chi connectivity index (χ1n) is 5.40. The second kappa shape index (κ2) is 3.61. The fraction of sp³-hybridized carbons (Fsp3) is 0.636. The van der Waals surface area contributed by atoms with Crippen LogP contribution in [0, 0.1) is 0 Å². The van der Waals surface area contributed by atoms with Gasteiger partial charge in [0.05, 0.1) is 0 Å². The van der Waals surface area contributed by atoms with Crippen LogP contribution < -0.4 is 0 Å². The zero-order valence-corrected chi connectivity index (χ0v) is 11.3. The summed E-state index contributed by atoms with van der Waals surface area (Å²) in [7, 11) is -1.37. The average Bonchev–Trinajstić information content (AvgIpc) is 2.02. The van der Waals surface area contributed by atoms with E-state index in [2.05, 4.69) is 69.5 Å². The predicted molar refractivity (Wildman–Crippen MR) is 68.9 cm³/mol. The molecule has 0 radical (unpaired) electrons. The first-order valence-corrected chi connectivity index (χ1v) is 8.35. The van der Waals surface area contributed by atoms with E-state index in [1.807, 2.05) is 0 Å². The van der Waals surface area contributed by atoms with Gasteiger partial charge in [0.2, 0.25) is 0 Å². The molecule has 14 heavy (non-hydrogen) atoms. The highest BCUT2D eigenvalue weighted by molar-refractivity contribution is 6.87. The highest BCUT2D eigenvalue weighted by Gasteiger charge is 2.41. The molecule has 0 aromatic heterocycles. The number of hydrogen-bond acceptors (Lipinski definition) is 1. The summed E-state index contributed by atoms with van der Waals surface area (Å²) < 4.78 is 2.58. The number of nitrogens with zero attached hydrogens (tertiary/aromatic N) is 1. The minimum Gasteiger partial charge on any atom is -0.445 e. The minimum absolute atomic E-state index is 0.413. The van der Waals surface area contributed by atoms with Gasteiger partial charge in [0.1, 0.15) is 8.24 Å². The van der Waals surface area contributed by atoms with Crippen molar-refractivity contribution in [2.75, 3.05) is 0 Å². The molecule has 0 saturated heterocycles. The van der Waals surface area contributed by atoms with Crippen LogP contribution in [-0.2, 0) is 0 Å². The van der Waals surface area contributed by atoms with Gasteiger partial charge in [-0.1, -0.05) is 52.7 Å². The molecule has 0 aromatic carbocycles. The number of allylic oxidation sites excluding steroid dienone is 2. The summed E-state index contributed by atoms with van der Waals surface area (Å²) in [6, 6.07) is 0. The van der Waals surface area contributed by atoms with Crippen molar-refractivity contribution < 1.29 is 0 Å². The van der Waals surface area contributed by atoms with Gasteiger partial charge in [0, 0.05) is 0 Å². The molecule has 0 N–H and O–H groups in total. The van der Waals surface area contributed by atoms with Gasteiger partial charge in [-0.2, -0.15) is 0 Å². The van der Waals surface area contributed by atoms with Crippen LogP contribution in [0.25, 0.3) is 0 Å². The summed E-state index contributed by atoms with van der Waals surface area (Å²) in [5.74, 6) is 2.28. The predicted octanol–water partition coefficient (Wildman–Crippen LogP) is 3.54. The van der Waals surface area contributed by atoms with Crippen molar-refractivity contribution in [3.63, 3.8) is 0 Å². The van der Waals surface area contributed by atoms with Gasteiger partial charge in [-0.3, -0.25) is 0 Å².